The van der Waals surface area contributed by atoms with Crippen molar-refractivity contribution in [2.24, 2.45) is 0 Å². The van der Waals surface area contributed by atoms with E-state index in [4.69, 9.17) is 5.11 Å². The molecule has 82 valence electrons. The van der Waals surface area contributed by atoms with Crippen molar-refractivity contribution in [1.29, 1.82) is 0 Å². The topological polar surface area (TPSA) is 111 Å². The number of nitrogens with zero attached hydrogens (tertiary/aromatic N) is 1. The van der Waals surface area contributed by atoms with E-state index in [-0.39, 0.29) is 16.7 Å². The summed E-state index contributed by atoms with van der Waals surface area (Å²) in [6.07, 6.45) is 0. The van der Waals surface area contributed by atoms with Crippen LogP contribution < -0.4 is 0 Å². The van der Waals surface area contributed by atoms with E-state index in [0.717, 1.165) is 0 Å². The molecule has 0 amide bonds. The fourth-order valence-corrected chi connectivity index (χ4v) is 1.42. The molecule has 2 rings (SSSR count). The summed E-state index contributed by atoms with van der Waals surface area (Å²) in [5.74, 6) is -3.30. The summed E-state index contributed by atoms with van der Waals surface area (Å²) in [5, 5.41) is 37.0. The second-order valence-corrected chi connectivity index (χ2v) is 3.13. The minimum atomic E-state index is -1.46. The number of phenolic OH excluding ortho intramolecular Hbond substituents is 1. The molecular formula is C10H7NO5. The van der Waals surface area contributed by atoms with Gasteiger partial charge in [-0.25, -0.2) is 9.78 Å². The van der Waals surface area contributed by atoms with E-state index in [9.17, 15) is 20.1 Å². The maximum absolute atomic E-state index is 10.7. The summed E-state index contributed by atoms with van der Waals surface area (Å²) in [4.78, 5) is 14.3. The standard InChI is InChI=1S/C10H7NO5/c12-5-3-1-2-4-6(5)8(13)9(14)7(11-4)10(15)16/h1-3,12,14H,(H,11,13)(H,15,16). The average molecular weight is 221 g/mol. The molecule has 0 atom stereocenters. The quantitative estimate of drug-likeness (QED) is 0.572. The molecule has 16 heavy (non-hydrogen) atoms. The second-order valence-electron chi connectivity index (χ2n) is 3.13. The number of hydrogen-bond acceptors (Lipinski definition) is 5. The highest BCUT2D eigenvalue weighted by Crippen LogP contribution is 2.39. The molecule has 0 aliphatic carbocycles. The summed E-state index contributed by atoms with van der Waals surface area (Å²) >= 11 is 0. The lowest BCUT2D eigenvalue weighted by atomic mass is 10.1. The van der Waals surface area contributed by atoms with Crippen molar-refractivity contribution < 1.29 is 25.2 Å². The molecule has 0 saturated carbocycles. The highest BCUT2D eigenvalue weighted by Gasteiger charge is 2.20. The molecule has 0 saturated heterocycles. The maximum atomic E-state index is 10.7. The van der Waals surface area contributed by atoms with Gasteiger partial charge in [0.25, 0.3) is 0 Å². The SMILES string of the molecule is O=C(O)c1nc2cccc(O)c2c(O)c1O. The van der Waals surface area contributed by atoms with Gasteiger partial charge in [0, 0.05) is 0 Å². The first kappa shape index (κ1) is 10.0. The van der Waals surface area contributed by atoms with Crippen LogP contribution in [0.1, 0.15) is 10.5 Å². The number of phenols is 1. The number of benzene rings is 1. The first-order chi connectivity index (χ1) is 7.52. The van der Waals surface area contributed by atoms with Crippen LogP contribution in [0.15, 0.2) is 18.2 Å². The number of rotatable bonds is 1. The Labute approximate surface area is 89.0 Å². The van der Waals surface area contributed by atoms with Crippen molar-refractivity contribution in [2.45, 2.75) is 0 Å². The van der Waals surface area contributed by atoms with E-state index in [1.807, 2.05) is 0 Å². The Morgan fingerprint density at radius 3 is 2.44 bits per heavy atom. The van der Waals surface area contributed by atoms with Crippen molar-refractivity contribution in [3.63, 3.8) is 0 Å². The highest BCUT2D eigenvalue weighted by atomic mass is 16.4. The van der Waals surface area contributed by atoms with Crippen LogP contribution in [0.2, 0.25) is 0 Å². The zero-order valence-electron chi connectivity index (χ0n) is 7.88. The number of hydrogen-bond donors (Lipinski definition) is 4. The van der Waals surface area contributed by atoms with E-state index in [1.54, 1.807) is 0 Å². The fourth-order valence-electron chi connectivity index (χ4n) is 1.42. The van der Waals surface area contributed by atoms with Crippen LogP contribution >= 0.6 is 0 Å². The molecule has 2 aromatic rings. The number of aromatic nitrogens is 1. The molecule has 0 bridgehead atoms. The van der Waals surface area contributed by atoms with Crippen LogP contribution in [-0.2, 0) is 0 Å². The van der Waals surface area contributed by atoms with Gasteiger partial charge in [-0.3, -0.25) is 0 Å². The van der Waals surface area contributed by atoms with Gasteiger partial charge in [-0.05, 0) is 12.1 Å². The predicted molar refractivity (Wildman–Crippen MR) is 53.7 cm³/mol. The van der Waals surface area contributed by atoms with Crippen LogP contribution in [0.4, 0.5) is 0 Å². The first-order valence-electron chi connectivity index (χ1n) is 4.29. The summed E-state index contributed by atoms with van der Waals surface area (Å²) < 4.78 is 0. The lowest BCUT2D eigenvalue weighted by molar-refractivity contribution is 0.0686. The van der Waals surface area contributed by atoms with Crippen LogP contribution in [0.3, 0.4) is 0 Å². The van der Waals surface area contributed by atoms with Crippen LogP contribution in [-0.4, -0.2) is 31.4 Å². The lowest BCUT2D eigenvalue weighted by Gasteiger charge is -2.06. The first-order valence-corrected chi connectivity index (χ1v) is 4.29. The Bertz CT molecular complexity index is 593. The number of fused-ring (bicyclic) bond motifs is 1. The van der Waals surface area contributed by atoms with Gasteiger partial charge >= 0.3 is 5.97 Å². The van der Waals surface area contributed by atoms with Gasteiger partial charge in [0.05, 0.1) is 10.9 Å². The largest absolute Gasteiger partial charge is 0.507 e. The number of aromatic carboxylic acids is 1. The molecule has 6 nitrogen and oxygen atoms in total. The van der Waals surface area contributed by atoms with E-state index < -0.39 is 23.2 Å². The molecular weight excluding hydrogens is 214 g/mol. The predicted octanol–water partition coefficient (Wildman–Crippen LogP) is 1.05. The number of pyridine rings is 1. The monoisotopic (exact) mass is 221 g/mol. The Morgan fingerprint density at radius 2 is 1.81 bits per heavy atom. The fraction of sp³-hybridized carbons (Fsp3) is 0. The van der Waals surface area contributed by atoms with Gasteiger partial charge < -0.3 is 20.4 Å². The smallest absolute Gasteiger partial charge is 0.358 e. The van der Waals surface area contributed by atoms with Crippen molar-refractivity contribution in [2.75, 3.05) is 0 Å². The molecule has 0 aliphatic heterocycles. The van der Waals surface area contributed by atoms with Gasteiger partial charge in [0.1, 0.15) is 5.75 Å². The van der Waals surface area contributed by atoms with Gasteiger partial charge in [-0.1, -0.05) is 6.07 Å². The molecule has 0 unspecified atom stereocenters. The Morgan fingerprint density at radius 1 is 1.12 bits per heavy atom. The number of carboxylic acid groups (broad SMARTS) is 1. The molecule has 0 aliphatic rings. The van der Waals surface area contributed by atoms with E-state index in [0.29, 0.717) is 0 Å². The van der Waals surface area contributed by atoms with Gasteiger partial charge in [0.2, 0.25) is 0 Å². The van der Waals surface area contributed by atoms with E-state index >= 15 is 0 Å². The van der Waals surface area contributed by atoms with E-state index in [1.165, 1.54) is 18.2 Å². The van der Waals surface area contributed by atoms with E-state index in [2.05, 4.69) is 4.98 Å². The minimum absolute atomic E-state index is 0.0787. The maximum Gasteiger partial charge on any atom is 0.358 e. The zero-order chi connectivity index (χ0) is 11.9. The van der Waals surface area contributed by atoms with Crippen LogP contribution in [0, 0.1) is 0 Å². The number of carboxylic acids is 1. The molecule has 0 radical (unpaired) electrons. The molecule has 4 N–H and O–H groups in total. The average Bonchev–Trinajstić information content (AvgIpc) is 2.22. The minimum Gasteiger partial charge on any atom is -0.507 e. The number of carbonyl (C=O) groups is 1. The van der Waals surface area contributed by atoms with Crippen molar-refractivity contribution in [3.05, 3.63) is 23.9 Å². The Kier molecular flexibility index (Phi) is 2.05. The van der Waals surface area contributed by atoms with Crippen molar-refractivity contribution in [1.82, 2.24) is 4.98 Å². The molecule has 0 spiro atoms. The van der Waals surface area contributed by atoms with Gasteiger partial charge in [-0.15, -0.1) is 0 Å². The number of aromatic hydroxyl groups is 3. The zero-order valence-corrected chi connectivity index (χ0v) is 7.88. The highest BCUT2D eigenvalue weighted by molar-refractivity contribution is 5.99. The van der Waals surface area contributed by atoms with Crippen molar-refractivity contribution >= 4 is 16.9 Å². The molecule has 0 fully saturated rings. The molecule has 1 aromatic carbocycles. The molecule has 6 heteroatoms. The Balaban J connectivity index is 2.94. The third-order valence-electron chi connectivity index (χ3n) is 2.14. The van der Waals surface area contributed by atoms with Crippen LogP contribution in [0.5, 0.6) is 17.2 Å². The molecule has 1 aromatic heterocycles. The normalized spacial score (nSPS) is 10.5. The summed E-state index contributed by atoms with van der Waals surface area (Å²) in [7, 11) is 0. The summed E-state index contributed by atoms with van der Waals surface area (Å²) in [6, 6.07) is 4.16. The van der Waals surface area contributed by atoms with Gasteiger partial charge in [-0.2, -0.15) is 0 Å². The summed E-state index contributed by atoms with van der Waals surface area (Å²) in [6.45, 7) is 0. The van der Waals surface area contributed by atoms with Crippen molar-refractivity contribution in [3.8, 4) is 17.2 Å². The summed E-state index contributed by atoms with van der Waals surface area (Å²) in [5.41, 5.74) is -0.566. The Hall–Kier alpha value is -2.50. The third kappa shape index (κ3) is 1.28. The van der Waals surface area contributed by atoms with Gasteiger partial charge in [0.15, 0.2) is 17.2 Å². The van der Waals surface area contributed by atoms with Crippen LogP contribution in [0.25, 0.3) is 10.9 Å². The second kappa shape index (κ2) is 3.27. The third-order valence-corrected chi connectivity index (χ3v) is 2.14. The lowest BCUT2D eigenvalue weighted by Crippen LogP contribution is -2.01. The molecule has 1 heterocycles.